The number of amides is 1. The van der Waals surface area contributed by atoms with Gasteiger partial charge in [0.05, 0.1) is 5.54 Å². The minimum Gasteiger partial charge on any atom is -0.345 e. The Morgan fingerprint density at radius 3 is 2.75 bits per heavy atom. The summed E-state index contributed by atoms with van der Waals surface area (Å²) in [6.45, 7) is 0. The Morgan fingerprint density at radius 1 is 1.50 bits per heavy atom. The molecule has 0 saturated heterocycles. The van der Waals surface area contributed by atoms with Gasteiger partial charge in [0, 0.05) is 5.02 Å². The largest absolute Gasteiger partial charge is 0.345 e. The molecule has 1 aromatic rings. The quantitative estimate of drug-likeness (QED) is 0.834. The van der Waals surface area contributed by atoms with Gasteiger partial charge in [0.1, 0.15) is 11.7 Å². The molecule has 1 saturated carbocycles. The zero-order valence-electron chi connectivity index (χ0n) is 8.40. The van der Waals surface area contributed by atoms with Crippen molar-refractivity contribution >= 4 is 29.1 Å². The van der Waals surface area contributed by atoms with Crippen LogP contribution in [0.3, 0.4) is 0 Å². The third-order valence-electron chi connectivity index (χ3n) is 2.69. The summed E-state index contributed by atoms with van der Waals surface area (Å²) in [6, 6.07) is 4.16. The van der Waals surface area contributed by atoms with E-state index in [9.17, 15) is 9.18 Å². The SMILES string of the molecule is O=C(CCl)NC1(c2cc(F)ccc2Cl)CC1. The van der Waals surface area contributed by atoms with Crippen molar-refractivity contribution in [2.75, 3.05) is 5.88 Å². The first-order valence-electron chi connectivity index (χ1n) is 4.90. The second-order valence-corrected chi connectivity index (χ2v) is 4.56. The van der Waals surface area contributed by atoms with Crippen LogP contribution in [0.2, 0.25) is 5.02 Å². The van der Waals surface area contributed by atoms with Crippen molar-refractivity contribution in [3.05, 3.63) is 34.6 Å². The van der Waals surface area contributed by atoms with E-state index in [0.29, 0.717) is 10.6 Å². The van der Waals surface area contributed by atoms with E-state index in [2.05, 4.69) is 5.32 Å². The predicted molar refractivity (Wildman–Crippen MR) is 61.2 cm³/mol. The first-order valence-corrected chi connectivity index (χ1v) is 5.81. The molecule has 0 radical (unpaired) electrons. The fourth-order valence-electron chi connectivity index (χ4n) is 1.75. The van der Waals surface area contributed by atoms with Gasteiger partial charge in [-0.2, -0.15) is 0 Å². The molecule has 2 rings (SSSR count). The fraction of sp³-hybridized carbons (Fsp3) is 0.364. The molecule has 1 aliphatic carbocycles. The maximum Gasteiger partial charge on any atom is 0.235 e. The number of halogens is 3. The van der Waals surface area contributed by atoms with Crippen LogP contribution in [0, 0.1) is 5.82 Å². The van der Waals surface area contributed by atoms with Crippen molar-refractivity contribution in [3.8, 4) is 0 Å². The van der Waals surface area contributed by atoms with Crippen LogP contribution in [-0.4, -0.2) is 11.8 Å². The molecule has 1 N–H and O–H groups in total. The molecule has 0 spiro atoms. The van der Waals surface area contributed by atoms with E-state index in [1.54, 1.807) is 0 Å². The summed E-state index contributed by atoms with van der Waals surface area (Å²) in [5.74, 6) is -0.723. The van der Waals surface area contributed by atoms with Crippen molar-refractivity contribution < 1.29 is 9.18 Å². The fourth-order valence-corrected chi connectivity index (χ4v) is 2.12. The van der Waals surface area contributed by atoms with E-state index in [4.69, 9.17) is 23.2 Å². The van der Waals surface area contributed by atoms with E-state index >= 15 is 0 Å². The Bertz CT molecular complexity index is 432. The Morgan fingerprint density at radius 2 is 2.19 bits per heavy atom. The van der Waals surface area contributed by atoms with Crippen LogP contribution in [0.5, 0.6) is 0 Å². The molecule has 1 aliphatic rings. The number of rotatable bonds is 3. The highest BCUT2D eigenvalue weighted by Gasteiger charge is 2.46. The molecule has 16 heavy (non-hydrogen) atoms. The third-order valence-corrected chi connectivity index (χ3v) is 3.27. The van der Waals surface area contributed by atoms with Crippen molar-refractivity contribution in [1.29, 1.82) is 0 Å². The van der Waals surface area contributed by atoms with Crippen LogP contribution in [0.25, 0.3) is 0 Å². The molecular weight excluding hydrogens is 252 g/mol. The lowest BCUT2D eigenvalue weighted by atomic mass is 10.0. The van der Waals surface area contributed by atoms with Gasteiger partial charge in [-0.05, 0) is 36.6 Å². The minimum absolute atomic E-state index is 0.102. The van der Waals surface area contributed by atoms with Crippen LogP contribution < -0.4 is 5.32 Å². The van der Waals surface area contributed by atoms with Crippen LogP contribution in [-0.2, 0) is 10.3 Å². The van der Waals surface area contributed by atoms with Gasteiger partial charge in [-0.15, -0.1) is 11.6 Å². The number of hydrogen-bond donors (Lipinski definition) is 1. The molecular formula is C11H10Cl2FNO. The van der Waals surface area contributed by atoms with Crippen molar-refractivity contribution in [3.63, 3.8) is 0 Å². The van der Waals surface area contributed by atoms with E-state index in [1.807, 2.05) is 0 Å². The molecule has 0 atom stereocenters. The molecule has 0 unspecified atom stereocenters. The van der Waals surface area contributed by atoms with Crippen molar-refractivity contribution in [2.45, 2.75) is 18.4 Å². The van der Waals surface area contributed by atoms with Crippen molar-refractivity contribution in [2.24, 2.45) is 0 Å². The summed E-state index contributed by atoms with van der Waals surface area (Å²) in [5, 5.41) is 3.25. The number of alkyl halides is 1. The average Bonchev–Trinajstić information content (AvgIpc) is 3.02. The highest BCUT2D eigenvalue weighted by Crippen LogP contribution is 2.48. The second kappa shape index (κ2) is 4.22. The summed E-state index contributed by atoms with van der Waals surface area (Å²) >= 11 is 11.4. The minimum atomic E-state index is -0.509. The van der Waals surface area contributed by atoms with Gasteiger partial charge in [-0.25, -0.2) is 4.39 Å². The number of nitrogens with one attached hydrogen (secondary N) is 1. The van der Waals surface area contributed by atoms with Crippen LogP contribution in [0.15, 0.2) is 18.2 Å². The van der Waals surface area contributed by atoms with E-state index in [0.717, 1.165) is 12.8 Å². The third kappa shape index (κ3) is 2.15. The summed E-state index contributed by atoms with van der Waals surface area (Å²) in [5.41, 5.74) is 0.123. The van der Waals surface area contributed by atoms with Crippen molar-refractivity contribution in [1.82, 2.24) is 5.32 Å². The number of carbonyl (C=O) groups is 1. The lowest BCUT2D eigenvalue weighted by Crippen LogP contribution is -2.35. The number of benzene rings is 1. The molecule has 0 aliphatic heterocycles. The van der Waals surface area contributed by atoms with Crippen LogP contribution in [0.4, 0.5) is 4.39 Å². The van der Waals surface area contributed by atoms with E-state index in [-0.39, 0.29) is 17.6 Å². The van der Waals surface area contributed by atoms with E-state index < -0.39 is 5.54 Å². The van der Waals surface area contributed by atoms with Crippen LogP contribution >= 0.6 is 23.2 Å². The monoisotopic (exact) mass is 261 g/mol. The summed E-state index contributed by atoms with van der Waals surface area (Å²) < 4.78 is 13.1. The Kier molecular flexibility index (Phi) is 3.08. The number of carbonyl (C=O) groups excluding carboxylic acids is 1. The Labute approximate surface area is 103 Å². The number of hydrogen-bond acceptors (Lipinski definition) is 1. The normalized spacial score (nSPS) is 16.9. The lowest BCUT2D eigenvalue weighted by molar-refractivity contribution is -0.119. The molecule has 0 bridgehead atoms. The highest BCUT2D eigenvalue weighted by atomic mass is 35.5. The summed E-state index contributed by atoms with van der Waals surface area (Å²) in [6.07, 6.45) is 1.53. The molecule has 5 heteroatoms. The maximum absolute atomic E-state index is 13.1. The molecule has 0 aromatic heterocycles. The summed E-state index contributed by atoms with van der Waals surface area (Å²) in [4.78, 5) is 11.3. The lowest BCUT2D eigenvalue weighted by Gasteiger charge is -2.18. The van der Waals surface area contributed by atoms with Crippen LogP contribution in [0.1, 0.15) is 18.4 Å². The molecule has 2 nitrogen and oxygen atoms in total. The summed E-state index contributed by atoms with van der Waals surface area (Å²) in [7, 11) is 0. The Hall–Kier alpha value is -0.800. The first-order chi connectivity index (χ1) is 7.57. The zero-order valence-corrected chi connectivity index (χ0v) is 9.91. The second-order valence-electron chi connectivity index (χ2n) is 3.89. The molecule has 1 fully saturated rings. The maximum atomic E-state index is 13.1. The Balaban J connectivity index is 2.29. The van der Waals surface area contributed by atoms with Gasteiger partial charge >= 0.3 is 0 Å². The van der Waals surface area contributed by atoms with E-state index in [1.165, 1.54) is 18.2 Å². The molecule has 1 amide bonds. The van der Waals surface area contributed by atoms with Gasteiger partial charge in [0.15, 0.2) is 0 Å². The van der Waals surface area contributed by atoms with Gasteiger partial charge < -0.3 is 5.32 Å². The van der Waals surface area contributed by atoms with Gasteiger partial charge in [-0.1, -0.05) is 11.6 Å². The molecule has 0 heterocycles. The molecule has 86 valence electrons. The van der Waals surface area contributed by atoms with Gasteiger partial charge in [-0.3, -0.25) is 4.79 Å². The topological polar surface area (TPSA) is 29.1 Å². The molecule has 1 aromatic carbocycles. The average molecular weight is 262 g/mol. The first kappa shape index (κ1) is 11.7. The highest BCUT2D eigenvalue weighted by molar-refractivity contribution is 6.31. The smallest absolute Gasteiger partial charge is 0.235 e. The predicted octanol–water partition coefficient (Wildman–Crippen LogP) is 2.82. The zero-order chi connectivity index (χ0) is 11.8. The van der Waals surface area contributed by atoms with Gasteiger partial charge in [0.25, 0.3) is 0 Å². The standard InChI is InChI=1S/C11H10Cl2FNO/c12-6-10(16)15-11(3-4-11)8-5-7(14)1-2-9(8)13/h1-2,5H,3-4,6H2,(H,15,16). The van der Waals surface area contributed by atoms with Gasteiger partial charge in [0.2, 0.25) is 5.91 Å².